The van der Waals surface area contributed by atoms with Gasteiger partial charge in [-0.15, -0.1) is 0 Å². The summed E-state index contributed by atoms with van der Waals surface area (Å²) in [5, 5.41) is 1.91. The predicted molar refractivity (Wildman–Crippen MR) is 135 cm³/mol. The topological polar surface area (TPSA) is 77.7 Å². The summed E-state index contributed by atoms with van der Waals surface area (Å²) in [6, 6.07) is 20.0. The van der Waals surface area contributed by atoms with Gasteiger partial charge in [-0.1, -0.05) is 41.9 Å². The molecule has 0 atom stereocenters. The van der Waals surface area contributed by atoms with Crippen molar-refractivity contribution in [1.82, 2.24) is 24.8 Å². The van der Waals surface area contributed by atoms with E-state index in [1.165, 1.54) is 10.9 Å². The molecule has 1 aliphatic heterocycles. The second-order valence-corrected chi connectivity index (χ2v) is 9.01. The number of hydrogen-bond donors (Lipinski definition) is 2. The van der Waals surface area contributed by atoms with E-state index in [1.807, 2.05) is 42.5 Å². The fourth-order valence-corrected chi connectivity index (χ4v) is 4.83. The smallest absolute Gasteiger partial charge is 0.255 e. The summed E-state index contributed by atoms with van der Waals surface area (Å²) in [6.45, 7) is 2.12. The molecule has 0 spiro atoms. The third-order valence-electron chi connectivity index (χ3n) is 6.41. The van der Waals surface area contributed by atoms with Gasteiger partial charge in [0.05, 0.1) is 17.0 Å². The maximum Gasteiger partial charge on any atom is 0.255 e. The number of halogens is 1. The van der Waals surface area contributed by atoms with E-state index < -0.39 is 0 Å². The van der Waals surface area contributed by atoms with Gasteiger partial charge in [-0.3, -0.25) is 14.7 Å². The van der Waals surface area contributed by atoms with Gasteiger partial charge in [0.2, 0.25) is 0 Å². The Balaban J connectivity index is 1.34. The molecule has 3 aromatic heterocycles. The van der Waals surface area contributed by atoms with Gasteiger partial charge in [0.1, 0.15) is 5.82 Å². The molecule has 5 aromatic rings. The number of benzene rings is 2. The fraction of sp³-hybridized carbons (Fsp3) is 0.148. The molecular weight excluding hydrogens is 446 g/mol. The van der Waals surface area contributed by atoms with E-state index in [2.05, 4.69) is 38.1 Å². The summed E-state index contributed by atoms with van der Waals surface area (Å²) >= 11 is 6.13. The zero-order valence-corrected chi connectivity index (χ0v) is 19.1. The van der Waals surface area contributed by atoms with Gasteiger partial charge in [0, 0.05) is 59.9 Å². The van der Waals surface area contributed by atoms with Crippen LogP contribution in [0.2, 0.25) is 5.02 Å². The highest BCUT2D eigenvalue weighted by molar-refractivity contribution is 6.30. The van der Waals surface area contributed by atoms with Gasteiger partial charge in [0.15, 0.2) is 0 Å². The molecule has 0 fully saturated rings. The van der Waals surface area contributed by atoms with Crippen LogP contribution in [0.15, 0.2) is 77.9 Å². The molecule has 2 aromatic carbocycles. The first-order valence-corrected chi connectivity index (χ1v) is 11.6. The second kappa shape index (κ2) is 8.56. The van der Waals surface area contributed by atoms with E-state index in [0.717, 1.165) is 53.1 Å². The van der Waals surface area contributed by atoms with Crippen LogP contribution in [0.1, 0.15) is 16.8 Å². The van der Waals surface area contributed by atoms with Crippen LogP contribution in [0.5, 0.6) is 0 Å². The van der Waals surface area contributed by atoms with Crippen molar-refractivity contribution in [2.45, 2.75) is 19.5 Å². The molecule has 6 nitrogen and oxygen atoms in total. The van der Waals surface area contributed by atoms with Crippen molar-refractivity contribution in [3.05, 3.63) is 105 Å². The summed E-state index contributed by atoms with van der Waals surface area (Å²) in [5.41, 5.74) is 6.85. The average Bonchev–Trinajstić information content (AvgIpc) is 3.23. The maximum atomic E-state index is 13.0. The largest absolute Gasteiger partial charge is 0.354 e. The van der Waals surface area contributed by atoms with Crippen LogP contribution < -0.4 is 5.56 Å². The Morgan fingerprint density at radius 1 is 0.971 bits per heavy atom. The lowest BCUT2D eigenvalue weighted by Gasteiger charge is -2.28. The number of hydrogen-bond acceptors (Lipinski definition) is 4. The molecule has 4 heterocycles. The Morgan fingerprint density at radius 3 is 2.65 bits per heavy atom. The number of rotatable bonds is 4. The third kappa shape index (κ3) is 3.81. The maximum absolute atomic E-state index is 13.0. The first-order chi connectivity index (χ1) is 16.7. The van der Waals surface area contributed by atoms with Crippen LogP contribution in [0.4, 0.5) is 0 Å². The van der Waals surface area contributed by atoms with Crippen molar-refractivity contribution in [3.8, 4) is 22.6 Å². The molecule has 2 N–H and O–H groups in total. The minimum absolute atomic E-state index is 0.0783. The Hall–Kier alpha value is -3.74. The number of nitrogens with one attached hydrogen (secondary N) is 2. The van der Waals surface area contributed by atoms with Crippen molar-refractivity contribution in [1.29, 1.82) is 0 Å². The lowest BCUT2D eigenvalue weighted by Crippen LogP contribution is -2.35. The normalized spacial score (nSPS) is 13.8. The van der Waals surface area contributed by atoms with Crippen molar-refractivity contribution >= 4 is 22.5 Å². The van der Waals surface area contributed by atoms with Gasteiger partial charge in [-0.25, -0.2) is 4.98 Å². The molecule has 0 amide bonds. The van der Waals surface area contributed by atoms with Crippen molar-refractivity contribution < 1.29 is 0 Å². The fourth-order valence-electron chi connectivity index (χ4n) is 4.71. The molecule has 0 radical (unpaired) electrons. The minimum atomic E-state index is -0.0783. The molecule has 168 valence electrons. The number of aromatic nitrogens is 4. The van der Waals surface area contributed by atoms with Crippen LogP contribution >= 0.6 is 11.6 Å². The monoisotopic (exact) mass is 467 g/mol. The Bertz CT molecular complexity index is 1540. The first kappa shape index (κ1) is 20.8. The van der Waals surface area contributed by atoms with Gasteiger partial charge in [0.25, 0.3) is 5.56 Å². The van der Waals surface area contributed by atoms with Crippen LogP contribution in [0.3, 0.4) is 0 Å². The molecule has 34 heavy (non-hydrogen) atoms. The van der Waals surface area contributed by atoms with Crippen LogP contribution in [-0.4, -0.2) is 31.4 Å². The highest BCUT2D eigenvalue weighted by Crippen LogP contribution is 2.33. The summed E-state index contributed by atoms with van der Waals surface area (Å²) < 4.78 is 0. The van der Waals surface area contributed by atoms with E-state index in [4.69, 9.17) is 16.6 Å². The highest BCUT2D eigenvalue weighted by Gasteiger charge is 2.24. The standard InChI is InChI=1S/C27H22ClN5O/c28-19-9-7-17(8-10-19)25-21(20-5-1-2-6-23(20)30-25)15-33-13-11-24-22(16-33)27(34)32-26(31-24)18-4-3-12-29-14-18/h1-10,12,14,30H,11,13,15-16H2,(H,31,32,34). The Labute approximate surface area is 201 Å². The van der Waals surface area contributed by atoms with Crippen LogP contribution in [-0.2, 0) is 19.5 Å². The minimum Gasteiger partial charge on any atom is -0.354 e. The SMILES string of the molecule is O=c1[nH]c(-c2cccnc2)nc2c1CN(Cc1c(-c3ccc(Cl)cc3)[nH]c3ccccc13)CC2. The number of fused-ring (bicyclic) bond motifs is 2. The highest BCUT2D eigenvalue weighted by atomic mass is 35.5. The van der Waals surface area contributed by atoms with Crippen molar-refractivity contribution in [3.63, 3.8) is 0 Å². The van der Waals surface area contributed by atoms with E-state index in [0.29, 0.717) is 17.4 Å². The van der Waals surface area contributed by atoms with Crippen molar-refractivity contribution in [2.24, 2.45) is 0 Å². The summed E-state index contributed by atoms with van der Waals surface area (Å²) in [7, 11) is 0. The van der Waals surface area contributed by atoms with Crippen LogP contribution in [0, 0.1) is 0 Å². The lowest BCUT2D eigenvalue weighted by atomic mass is 10.0. The van der Waals surface area contributed by atoms with Gasteiger partial charge in [-0.2, -0.15) is 0 Å². The summed E-state index contributed by atoms with van der Waals surface area (Å²) in [4.78, 5) is 30.7. The number of aromatic amines is 2. The predicted octanol–water partition coefficient (Wildman–Crippen LogP) is 5.19. The summed E-state index contributed by atoms with van der Waals surface area (Å²) in [5.74, 6) is 0.576. The van der Waals surface area contributed by atoms with Gasteiger partial charge >= 0.3 is 0 Å². The number of para-hydroxylation sites is 1. The Morgan fingerprint density at radius 2 is 1.82 bits per heavy atom. The third-order valence-corrected chi connectivity index (χ3v) is 6.66. The van der Waals surface area contributed by atoms with Crippen molar-refractivity contribution in [2.75, 3.05) is 6.54 Å². The molecule has 0 aliphatic carbocycles. The number of nitrogens with zero attached hydrogens (tertiary/aromatic N) is 3. The average molecular weight is 468 g/mol. The lowest BCUT2D eigenvalue weighted by molar-refractivity contribution is 0.243. The molecule has 6 rings (SSSR count). The van der Waals surface area contributed by atoms with Gasteiger partial charge < -0.3 is 9.97 Å². The van der Waals surface area contributed by atoms with E-state index in [-0.39, 0.29) is 5.56 Å². The molecule has 1 aliphatic rings. The molecule has 0 saturated carbocycles. The van der Waals surface area contributed by atoms with E-state index in [9.17, 15) is 4.79 Å². The first-order valence-electron chi connectivity index (χ1n) is 11.3. The molecule has 0 bridgehead atoms. The molecule has 0 unspecified atom stereocenters. The second-order valence-electron chi connectivity index (χ2n) is 8.57. The molecule has 7 heteroatoms. The molecular formula is C27H22ClN5O. The van der Waals surface area contributed by atoms with Crippen LogP contribution in [0.25, 0.3) is 33.5 Å². The zero-order chi connectivity index (χ0) is 23.1. The Kier molecular flexibility index (Phi) is 5.24. The van der Waals surface area contributed by atoms with Gasteiger partial charge in [-0.05, 0) is 41.5 Å². The number of H-pyrrole nitrogens is 2. The van der Waals surface area contributed by atoms with E-state index in [1.54, 1.807) is 12.4 Å². The molecule has 0 saturated heterocycles. The zero-order valence-electron chi connectivity index (χ0n) is 18.4. The number of pyridine rings is 1. The van der Waals surface area contributed by atoms with E-state index >= 15 is 0 Å². The quantitative estimate of drug-likeness (QED) is 0.381. The summed E-state index contributed by atoms with van der Waals surface area (Å²) in [6.07, 6.45) is 4.15.